The van der Waals surface area contributed by atoms with Crippen LogP contribution in [0.5, 0.6) is 0 Å². The Morgan fingerprint density at radius 1 is 1.15 bits per heavy atom. The normalized spacial score (nSPS) is 13.7. The van der Waals surface area contributed by atoms with Crippen LogP contribution < -0.4 is 11.1 Å². The molecule has 0 aliphatic carbocycles. The number of nitrogen functional groups attached to an aromatic ring is 1. The standard InChI is InChI=1S/C17H24N2O/c1-2-3-4-5-6-7-17(20)14-19-13-12-15-8-10-16(18)11-9-15/h2-11,17,19-20H,12-14,18H2,1H3/b3-2-,5-4-,7-6+/t17-/m1/s1. The Morgan fingerprint density at radius 3 is 2.55 bits per heavy atom. The first-order valence-electron chi connectivity index (χ1n) is 6.91. The topological polar surface area (TPSA) is 58.3 Å². The SMILES string of the molecule is C\C=C/C=C\C=C\[C@@H](O)CNCCc1ccc(N)cc1. The monoisotopic (exact) mass is 272 g/mol. The van der Waals surface area contributed by atoms with Crippen molar-refractivity contribution in [3.63, 3.8) is 0 Å². The number of anilines is 1. The lowest BCUT2D eigenvalue weighted by Gasteiger charge is -2.07. The fourth-order valence-corrected chi connectivity index (χ4v) is 1.67. The molecule has 0 amide bonds. The van der Waals surface area contributed by atoms with Crippen molar-refractivity contribution in [2.24, 2.45) is 0 Å². The van der Waals surface area contributed by atoms with Gasteiger partial charge < -0.3 is 16.2 Å². The Hall–Kier alpha value is -1.84. The quantitative estimate of drug-likeness (QED) is 0.387. The predicted molar refractivity (Wildman–Crippen MR) is 86.5 cm³/mol. The number of aliphatic hydroxyl groups is 1. The molecule has 0 spiro atoms. The minimum Gasteiger partial charge on any atom is -0.399 e. The van der Waals surface area contributed by atoms with Gasteiger partial charge in [-0.1, -0.05) is 48.6 Å². The van der Waals surface area contributed by atoms with Gasteiger partial charge in [-0.2, -0.15) is 0 Å². The van der Waals surface area contributed by atoms with Crippen molar-refractivity contribution in [1.82, 2.24) is 5.32 Å². The van der Waals surface area contributed by atoms with Gasteiger partial charge in [0.25, 0.3) is 0 Å². The Bertz CT molecular complexity index is 447. The third-order valence-electron chi connectivity index (χ3n) is 2.78. The molecule has 0 bridgehead atoms. The Morgan fingerprint density at radius 2 is 1.85 bits per heavy atom. The van der Waals surface area contributed by atoms with E-state index in [4.69, 9.17) is 5.73 Å². The van der Waals surface area contributed by atoms with E-state index in [9.17, 15) is 5.11 Å². The van der Waals surface area contributed by atoms with Crippen molar-refractivity contribution >= 4 is 5.69 Å². The summed E-state index contributed by atoms with van der Waals surface area (Å²) in [7, 11) is 0. The Kier molecular flexibility index (Phi) is 8.11. The van der Waals surface area contributed by atoms with E-state index < -0.39 is 6.10 Å². The van der Waals surface area contributed by atoms with E-state index in [1.807, 2.05) is 61.6 Å². The maximum Gasteiger partial charge on any atom is 0.0848 e. The highest BCUT2D eigenvalue weighted by molar-refractivity contribution is 5.39. The van der Waals surface area contributed by atoms with Gasteiger partial charge in [-0.15, -0.1) is 0 Å². The molecule has 0 fully saturated rings. The molecule has 108 valence electrons. The van der Waals surface area contributed by atoms with Crippen molar-refractivity contribution in [2.75, 3.05) is 18.8 Å². The smallest absolute Gasteiger partial charge is 0.0848 e. The molecule has 0 saturated carbocycles. The summed E-state index contributed by atoms with van der Waals surface area (Å²) in [6.45, 7) is 3.36. The number of rotatable bonds is 8. The number of nitrogens with two attached hydrogens (primary N) is 1. The molecule has 1 atom stereocenters. The fraction of sp³-hybridized carbons (Fsp3) is 0.294. The average molecular weight is 272 g/mol. The lowest BCUT2D eigenvalue weighted by atomic mass is 10.1. The summed E-state index contributed by atoms with van der Waals surface area (Å²) in [5, 5.41) is 13.0. The molecule has 0 heterocycles. The van der Waals surface area contributed by atoms with Gasteiger partial charge in [0.15, 0.2) is 0 Å². The molecular weight excluding hydrogens is 248 g/mol. The van der Waals surface area contributed by atoms with Gasteiger partial charge in [-0.3, -0.25) is 0 Å². The van der Waals surface area contributed by atoms with Crippen molar-refractivity contribution < 1.29 is 5.11 Å². The summed E-state index contributed by atoms with van der Waals surface area (Å²) < 4.78 is 0. The van der Waals surface area contributed by atoms with Crippen LogP contribution in [-0.2, 0) is 6.42 Å². The zero-order valence-electron chi connectivity index (χ0n) is 12.0. The number of hydrogen-bond donors (Lipinski definition) is 3. The molecule has 1 aromatic carbocycles. The molecule has 1 rings (SSSR count). The molecule has 20 heavy (non-hydrogen) atoms. The lowest BCUT2D eigenvalue weighted by molar-refractivity contribution is 0.219. The predicted octanol–water partition coefficient (Wildman–Crippen LogP) is 2.45. The second-order valence-corrected chi connectivity index (χ2v) is 4.56. The molecule has 0 radical (unpaired) electrons. The zero-order valence-corrected chi connectivity index (χ0v) is 12.0. The van der Waals surface area contributed by atoms with Gasteiger partial charge >= 0.3 is 0 Å². The van der Waals surface area contributed by atoms with Gasteiger partial charge in [-0.25, -0.2) is 0 Å². The lowest BCUT2D eigenvalue weighted by Crippen LogP contribution is -2.27. The van der Waals surface area contributed by atoms with Crippen molar-refractivity contribution in [1.29, 1.82) is 0 Å². The molecule has 3 nitrogen and oxygen atoms in total. The number of hydrogen-bond acceptors (Lipinski definition) is 3. The van der Waals surface area contributed by atoms with Gasteiger partial charge in [0.1, 0.15) is 0 Å². The highest BCUT2D eigenvalue weighted by Crippen LogP contribution is 2.05. The van der Waals surface area contributed by atoms with E-state index in [0.29, 0.717) is 6.54 Å². The summed E-state index contributed by atoms with van der Waals surface area (Å²) in [5.74, 6) is 0. The average Bonchev–Trinajstić information content (AvgIpc) is 2.45. The summed E-state index contributed by atoms with van der Waals surface area (Å²) >= 11 is 0. The minimum absolute atomic E-state index is 0.461. The molecule has 1 aromatic rings. The molecule has 4 N–H and O–H groups in total. The summed E-state index contributed by atoms with van der Waals surface area (Å²) in [5.41, 5.74) is 7.66. The van der Waals surface area contributed by atoms with Gasteiger partial charge in [-0.05, 0) is 37.6 Å². The van der Waals surface area contributed by atoms with E-state index in [1.54, 1.807) is 6.08 Å². The van der Waals surface area contributed by atoms with Crippen LogP contribution in [-0.4, -0.2) is 24.3 Å². The van der Waals surface area contributed by atoms with Crippen LogP contribution in [0.3, 0.4) is 0 Å². The van der Waals surface area contributed by atoms with E-state index in [0.717, 1.165) is 18.7 Å². The fourth-order valence-electron chi connectivity index (χ4n) is 1.67. The van der Waals surface area contributed by atoms with Crippen molar-refractivity contribution in [3.8, 4) is 0 Å². The summed E-state index contributed by atoms with van der Waals surface area (Å²) in [4.78, 5) is 0. The van der Waals surface area contributed by atoms with E-state index in [2.05, 4.69) is 5.32 Å². The number of benzene rings is 1. The highest BCUT2D eigenvalue weighted by atomic mass is 16.3. The number of aliphatic hydroxyl groups excluding tert-OH is 1. The molecule has 0 saturated heterocycles. The first-order chi connectivity index (χ1) is 9.72. The van der Waals surface area contributed by atoms with Crippen LogP contribution in [0.4, 0.5) is 5.69 Å². The minimum atomic E-state index is -0.461. The second kappa shape index (κ2) is 10.0. The van der Waals surface area contributed by atoms with Gasteiger partial charge in [0.2, 0.25) is 0 Å². The van der Waals surface area contributed by atoms with E-state index in [1.165, 1.54) is 5.56 Å². The molecule has 0 aliphatic heterocycles. The van der Waals surface area contributed by atoms with Crippen molar-refractivity contribution in [2.45, 2.75) is 19.4 Å². The highest BCUT2D eigenvalue weighted by Gasteiger charge is 1.98. The van der Waals surface area contributed by atoms with Crippen LogP contribution >= 0.6 is 0 Å². The maximum atomic E-state index is 9.72. The number of nitrogens with one attached hydrogen (secondary N) is 1. The third-order valence-corrected chi connectivity index (χ3v) is 2.78. The van der Waals surface area contributed by atoms with Gasteiger partial charge in [0.05, 0.1) is 6.10 Å². The number of allylic oxidation sites excluding steroid dienone is 5. The van der Waals surface area contributed by atoms with Crippen molar-refractivity contribution in [3.05, 3.63) is 66.3 Å². The van der Waals surface area contributed by atoms with Gasteiger partial charge in [0, 0.05) is 12.2 Å². The first-order valence-corrected chi connectivity index (χ1v) is 6.91. The van der Waals surface area contributed by atoms with Crippen LogP contribution in [0.1, 0.15) is 12.5 Å². The van der Waals surface area contributed by atoms with Crippen LogP contribution in [0.15, 0.2) is 60.7 Å². The molecule has 3 heteroatoms. The van der Waals surface area contributed by atoms with Crippen LogP contribution in [0.2, 0.25) is 0 Å². The third kappa shape index (κ3) is 7.56. The van der Waals surface area contributed by atoms with Crippen LogP contribution in [0, 0.1) is 0 Å². The summed E-state index contributed by atoms with van der Waals surface area (Å²) in [6.07, 6.45) is 11.8. The van der Waals surface area contributed by atoms with E-state index in [-0.39, 0.29) is 0 Å². The van der Waals surface area contributed by atoms with Crippen LogP contribution in [0.25, 0.3) is 0 Å². The molecule has 0 aliphatic rings. The largest absolute Gasteiger partial charge is 0.399 e. The zero-order chi connectivity index (χ0) is 14.6. The maximum absolute atomic E-state index is 9.72. The Labute approximate surface area is 121 Å². The molecular formula is C17H24N2O. The Balaban J connectivity index is 2.15. The summed E-state index contributed by atoms with van der Waals surface area (Å²) in [6, 6.07) is 7.87. The second-order valence-electron chi connectivity index (χ2n) is 4.56. The molecule has 0 unspecified atom stereocenters. The first kappa shape index (κ1) is 16.2. The molecule has 0 aromatic heterocycles. The van der Waals surface area contributed by atoms with E-state index >= 15 is 0 Å².